The van der Waals surface area contributed by atoms with Gasteiger partial charge in [-0.1, -0.05) is 19.1 Å². The van der Waals surface area contributed by atoms with E-state index in [-0.39, 0.29) is 11.6 Å². The van der Waals surface area contributed by atoms with Crippen molar-refractivity contribution in [3.63, 3.8) is 0 Å². The van der Waals surface area contributed by atoms with E-state index >= 15 is 0 Å². The minimum Gasteiger partial charge on any atom is -0.476 e. The topological polar surface area (TPSA) is 85.8 Å². The molecule has 7 heteroatoms. The normalized spacial score (nSPS) is 11.2. The second kappa shape index (κ2) is 5.21. The second-order valence-corrected chi connectivity index (χ2v) is 4.71. The molecule has 0 aliphatic rings. The number of aromatic carboxylic acids is 1. The number of imidazole rings is 1. The van der Waals surface area contributed by atoms with E-state index in [9.17, 15) is 4.79 Å². The van der Waals surface area contributed by atoms with Gasteiger partial charge in [0.05, 0.1) is 12.2 Å². The van der Waals surface area contributed by atoms with Gasteiger partial charge < -0.3 is 9.67 Å². The summed E-state index contributed by atoms with van der Waals surface area (Å²) < 4.78 is 3.59. The lowest BCUT2D eigenvalue weighted by Crippen LogP contribution is -2.12. The molecule has 2 heterocycles. The Balaban J connectivity index is 2.21. The van der Waals surface area contributed by atoms with Gasteiger partial charge in [0, 0.05) is 25.9 Å². The van der Waals surface area contributed by atoms with E-state index in [4.69, 9.17) is 5.11 Å². The van der Waals surface area contributed by atoms with Crippen molar-refractivity contribution in [2.45, 2.75) is 32.7 Å². The van der Waals surface area contributed by atoms with Crippen LogP contribution in [-0.2, 0) is 20.0 Å². The predicted molar refractivity (Wildman–Crippen MR) is 68.0 cm³/mol. The monoisotopic (exact) mass is 263 g/mol. The molecule has 0 atom stereocenters. The molecule has 0 amide bonds. The van der Waals surface area contributed by atoms with Gasteiger partial charge >= 0.3 is 5.97 Å². The summed E-state index contributed by atoms with van der Waals surface area (Å²) in [6.07, 6.45) is 4.30. The highest BCUT2D eigenvalue weighted by molar-refractivity contribution is 5.86. The van der Waals surface area contributed by atoms with Crippen LogP contribution in [0, 0.1) is 0 Å². The number of carbonyl (C=O) groups is 1. The fraction of sp³-hybridized carbons (Fsp3) is 0.500. The number of nitrogens with zero attached hydrogens (tertiary/aromatic N) is 5. The molecule has 19 heavy (non-hydrogen) atoms. The van der Waals surface area contributed by atoms with E-state index in [1.54, 1.807) is 10.9 Å². The van der Waals surface area contributed by atoms with Crippen LogP contribution in [0.1, 0.15) is 41.8 Å². The summed E-state index contributed by atoms with van der Waals surface area (Å²) in [7, 11) is 1.93. The lowest BCUT2D eigenvalue weighted by molar-refractivity contribution is 0.0688. The third-order valence-corrected chi connectivity index (χ3v) is 2.99. The van der Waals surface area contributed by atoms with Gasteiger partial charge in [0.25, 0.3) is 0 Å². The maximum atomic E-state index is 11.1. The Bertz CT molecular complexity index is 585. The number of carboxylic acid groups (broad SMARTS) is 1. The number of aromatic nitrogens is 5. The van der Waals surface area contributed by atoms with Crippen LogP contribution in [0.15, 0.2) is 12.4 Å². The van der Waals surface area contributed by atoms with Gasteiger partial charge in [0.1, 0.15) is 5.82 Å². The Morgan fingerprint density at radius 3 is 2.74 bits per heavy atom. The lowest BCUT2D eigenvalue weighted by Gasteiger charge is -2.09. The van der Waals surface area contributed by atoms with Crippen molar-refractivity contribution >= 4 is 5.97 Å². The first-order chi connectivity index (χ1) is 9.00. The molecule has 0 aliphatic carbocycles. The summed E-state index contributed by atoms with van der Waals surface area (Å²) in [4.78, 5) is 15.3. The van der Waals surface area contributed by atoms with E-state index in [1.165, 1.54) is 0 Å². The molecule has 0 saturated heterocycles. The van der Waals surface area contributed by atoms with E-state index in [0.717, 1.165) is 5.82 Å². The molecule has 102 valence electrons. The molecule has 0 bridgehead atoms. The van der Waals surface area contributed by atoms with Crippen molar-refractivity contribution in [3.8, 4) is 0 Å². The first-order valence-electron chi connectivity index (χ1n) is 6.13. The molecule has 2 rings (SSSR count). The van der Waals surface area contributed by atoms with E-state index in [1.807, 2.05) is 31.7 Å². The maximum absolute atomic E-state index is 11.1. The summed E-state index contributed by atoms with van der Waals surface area (Å²) in [6, 6.07) is 0. The first kappa shape index (κ1) is 13.3. The number of hydrogen-bond acceptors (Lipinski definition) is 4. The lowest BCUT2D eigenvalue weighted by atomic mass is 10.1. The van der Waals surface area contributed by atoms with Gasteiger partial charge in [0.2, 0.25) is 0 Å². The van der Waals surface area contributed by atoms with Crippen molar-refractivity contribution in [1.82, 2.24) is 24.5 Å². The summed E-state index contributed by atoms with van der Waals surface area (Å²) in [5.41, 5.74) is 0.691. The molecule has 2 aromatic rings. The number of aryl methyl sites for hydroxylation is 3. The van der Waals surface area contributed by atoms with Gasteiger partial charge in [-0.25, -0.2) is 14.5 Å². The zero-order chi connectivity index (χ0) is 14.0. The largest absolute Gasteiger partial charge is 0.476 e. The molecule has 7 nitrogen and oxygen atoms in total. The predicted octanol–water partition coefficient (Wildman–Crippen LogP) is 1.08. The van der Waals surface area contributed by atoms with E-state index in [2.05, 4.69) is 15.3 Å². The summed E-state index contributed by atoms with van der Waals surface area (Å²) >= 11 is 0. The minimum absolute atomic E-state index is 0.0369. The maximum Gasteiger partial charge on any atom is 0.358 e. The molecular weight excluding hydrogens is 246 g/mol. The zero-order valence-electron chi connectivity index (χ0n) is 11.2. The van der Waals surface area contributed by atoms with Crippen LogP contribution in [0.5, 0.6) is 0 Å². The number of hydrogen-bond donors (Lipinski definition) is 1. The molecule has 0 fully saturated rings. The van der Waals surface area contributed by atoms with Crippen molar-refractivity contribution in [2.24, 2.45) is 7.05 Å². The molecule has 0 aliphatic heterocycles. The van der Waals surface area contributed by atoms with Crippen LogP contribution in [0.25, 0.3) is 0 Å². The van der Waals surface area contributed by atoms with Crippen LogP contribution >= 0.6 is 0 Å². The van der Waals surface area contributed by atoms with Gasteiger partial charge in [0.15, 0.2) is 5.69 Å². The Labute approximate surface area is 110 Å². The summed E-state index contributed by atoms with van der Waals surface area (Å²) in [5, 5.41) is 16.8. The van der Waals surface area contributed by atoms with Crippen molar-refractivity contribution in [2.75, 3.05) is 0 Å². The first-order valence-corrected chi connectivity index (χ1v) is 6.13. The Kier molecular flexibility index (Phi) is 3.64. The third-order valence-electron chi connectivity index (χ3n) is 2.99. The highest BCUT2D eigenvalue weighted by Crippen LogP contribution is 2.17. The summed E-state index contributed by atoms with van der Waals surface area (Å²) in [6.45, 7) is 4.43. The smallest absolute Gasteiger partial charge is 0.358 e. The average Bonchev–Trinajstić information content (AvgIpc) is 2.92. The van der Waals surface area contributed by atoms with Gasteiger partial charge in [-0.3, -0.25) is 0 Å². The van der Waals surface area contributed by atoms with Crippen LogP contribution < -0.4 is 0 Å². The highest BCUT2D eigenvalue weighted by Gasteiger charge is 2.21. The van der Waals surface area contributed by atoms with Crippen LogP contribution in [0.2, 0.25) is 0 Å². The Morgan fingerprint density at radius 2 is 2.21 bits per heavy atom. The minimum atomic E-state index is -1.04. The molecule has 0 saturated carbocycles. The Hall–Kier alpha value is -2.18. The zero-order valence-corrected chi connectivity index (χ0v) is 11.2. The van der Waals surface area contributed by atoms with E-state index in [0.29, 0.717) is 18.7 Å². The third kappa shape index (κ3) is 2.64. The standard InChI is InChI=1S/C12H17N5O2/c1-8(2)11-10(12(18)19)14-15-17(11)6-4-9-13-5-7-16(9)3/h5,7-8H,4,6H2,1-3H3,(H,18,19). The molecule has 0 unspecified atom stereocenters. The molecule has 1 N–H and O–H groups in total. The van der Waals surface area contributed by atoms with Crippen LogP contribution in [0.4, 0.5) is 0 Å². The average molecular weight is 263 g/mol. The fourth-order valence-corrected chi connectivity index (χ4v) is 2.05. The second-order valence-electron chi connectivity index (χ2n) is 4.71. The molecule has 2 aromatic heterocycles. The SMILES string of the molecule is CC(C)c1c(C(=O)O)nnn1CCc1nccn1C. The van der Waals surface area contributed by atoms with Crippen LogP contribution in [0.3, 0.4) is 0 Å². The quantitative estimate of drug-likeness (QED) is 0.872. The molecule has 0 spiro atoms. The van der Waals surface area contributed by atoms with Crippen LogP contribution in [-0.4, -0.2) is 35.6 Å². The van der Waals surface area contributed by atoms with Crippen molar-refractivity contribution < 1.29 is 9.90 Å². The molecular formula is C12H17N5O2. The van der Waals surface area contributed by atoms with E-state index < -0.39 is 5.97 Å². The van der Waals surface area contributed by atoms with Gasteiger partial charge in [-0.2, -0.15) is 0 Å². The fourth-order valence-electron chi connectivity index (χ4n) is 2.05. The molecule has 0 radical (unpaired) electrons. The highest BCUT2D eigenvalue weighted by atomic mass is 16.4. The van der Waals surface area contributed by atoms with Gasteiger partial charge in [-0.15, -0.1) is 5.10 Å². The van der Waals surface area contributed by atoms with Gasteiger partial charge in [-0.05, 0) is 5.92 Å². The summed E-state index contributed by atoms with van der Waals surface area (Å²) in [5.74, 6) is -0.0449. The Morgan fingerprint density at radius 1 is 1.47 bits per heavy atom. The number of carboxylic acids is 1. The number of rotatable bonds is 5. The van der Waals surface area contributed by atoms with Crippen molar-refractivity contribution in [3.05, 3.63) is 29.6 Å². The molecule has 0 aromatic carbocycles. The van der Waals surface area contributed by atoms with Crippen molar-refractivity contribution in [1.29, 1.82) is 0 Å².